The third-order valence-electron chi connectivity index (χ3n) is 4.39. The Hall–Kier alpha value is -1.10. The number of rotatable bonds is 4. The number of aliphatic hydroxyl groups excluding tert-OH is 1. The Morgan fingerprint density at radius 3 is 3.05 bits per heavy atom. The molecular formula is C16H25N3O. The van der Waals surface area contributed by atoms with Crippen molar-refractivity contribution in [1.82, 2.24) is 9.80 Å². The Labute approximate surface area is 121 Å². The maximum Gasteiger partial charge on any atom is 0.0682 e. The topological polar surface area (TPSA) is 38.7 Å². The van der Waals surface area contributed by atoms with Gasteiger partial charge in [0.15, 0.2) is 0 Å². The summed E-state index contributed by atoms with van der Waals surface area (Å²) in [6, 6.07) is 7.05. The first-order chi connectivity index (χ1) is 9.63. The van der Waals surface area contributed by atoms with Gasteiger partial charge in [-0.1, -0.05) is 18.2 Å². The van der Waals surface area contributed by atoms with Crippen LogP contribution in [0.5, 0.6) is 0 Å². The van der Waals surface area contributed by atoms with Crippen LogP contribution < -0.4 is 5.32 Å². The molecule has 1 aromatic carbocycles. The van der Waals surface area contributed by atoms with Crippen LogP contribution in [0.15, 0.2) is 18.2 Å². The number of fused-ring (bicyclic) bond motifs is 1. The van der Waals surface area contributed by atoms with Gasteiger partial charge in [0.25, 0.3) is 0 Å². The molecule has 1 fully saturated rings. The lowest BCUT2D eigenvalue weighted by molar-refractivity contribution is 0.169. The summed E-state index contributed by atoms with van der Waals surface area (Å²) in [4.78, 5) is 4.64. The van der Waals surface area contributed by atoms with Gasteiger partial charge >= 0.3 is 0 Å². The molecule has 0 aromatic heterocycles. The van der Waals surface area contributed by atoms with Gasteiger partial charge in [-0.2, -0.15) is 0 Å². The number of para-hydroxylation sites is 1. The van der Waals surface area contributed by atoms with E-state index in [2.05, 4.69) is 47.4 Å². The second-order valence-electron chi connectivity index (χ2n) is 6.36. The van der Waals surface area contributed by atoms with E-state index in [-0.39, 0.29) is 6.10 Å². The van der Waals surface area contributed by atoms with Crippen molar-refractivity contribution in [3.8, 4) is 0 Å². The molecule has 2 atom stereocenters. The van der Waals surface area contributed by atoms with E-state index in [9.17, 15) is 5.11 Å². The minimum Gasteiger partial charge on any atom is -0.392 e. The average Bonchev–Trinajstić information content (AvgIpc) is 2.97. The number of aliphatic hydroxyl groups is 1. The first kappa shape index (κ1) is 13.9. The molecule has 20 heavy (non-hydrogen) atoms. The van der Waals surface area contributed by atoms with E-state index in [1.54, 1.807) is 0 Å². The van der Waals surface area contributed by atoms with Crippen LogP contribution >= 0.6 is 0 Å². The normalized spacial score (nSPS) is 26.0. The molecule has 0 bridgehead atoms. The number of nitrogens with zero attached hydrogens (tertiary/aromatic N) is 2. The number of likely N-dealkylation sites (tertiary alicyclic amines) is 1. The highest BCUT2D eigenvalue weighted by molar-refractivity contribution is 5.61. The largest absolute Gasteiger partial charge is 0.392 e. The second-order valence-corrected chi connectivity index (χ2v) is 6.36. The molecule has 2 aliphatic rings. The van der Waals surface area contributed by atoms with Crippen molar-refractivity contribution >= 4 is 5.69 Å². The van der Waals surface area contributed by atoms with Crippen molar-refractivity contribution < 1.29 is 5.11 Å². The number of nitrogens with one attached hydrogen (secondary N) is 1. The predicted molar refractivity (Wildman–Crippen MR) is 82.0 cm³/mol. The lowest BCUT2D eigenvalue weighted by Gasteiger charge is -2.27. The Bertz CT molecular complexity index is 475. The van der Waals surface area contributed by atoms with Crippen molar-refractivity contribution in [3.63, 3.8) is 0 Å². The van der Waals surface area contributed by atoms with Gasteiger partial charge in [0.05, 0.1) is 6.10 Å². The maximum absolute atomic E-state index is 9.98. The predicted octanol–water partition coefficient (Wildman–Crippen LogP) is 1.15. The van der Waals surface area contributed by atoms with Crippen molar-refractivity contribution in [1.29, 1.82) is 0 Å². The van der Waals surface area contributed by atoms with Gasteiger partial charge in [-0.3, -0.25) is 4.90 Å². The zero-order valence-corrected chi connectivity index (χ0v) is 12.5. The monoisotopic (exact) mass is 275 g/mol. The molecule has 1 saturated heterocycles. The summed E-state index contributed by atoms with van der Waals surface area (Å²) >= 11 is 0. The maximum atomic E-state index is 9.98. The standard InChI is InChI=1S/C16H25N3O/c1-18(2)10-14-8-15(20)11-19(14)9-13-5-3-4-12-6-7-17-16(12)13/h3-5,14-15,17,20H,6-11H2,1-2H3. The minimum atomic E-state index is -0.176. The van der Waals surface area contributed by atoms with Gasteiger partial charge < -0.3 is 15.3 Å². The van der Waals surface area contributed by atoms with Gasteiger partial charge in [0.2, 0.25) is 0 Å². The first-order valence-corrected chi connectivity index (χ1v) is 7.55. The summed E-state index contributed by atoms with van der Waals surface area (Å²) in [5.41, 5.74) is 4.14. The smallest absolute Gasteiger partial charge is 0.0682 e. The summed E-state index contributed by atoms with van der Waals surface area (Å²) in [6.45, 7) is 3.80. The molecule has 0 aliphatic carbocycles. The summed E-state index contributed by atoms with van der Waals surface area (Å²) < 4.78 is 0. The van der Waals surface area contributed by atoms with Crippen LogP contribution in [-0.2, 0) is 13.0 Å². The van der Waals surface area contributed by atoms with Crippen molar-refractivity contribution in [2.75, 3.05) is 39.0 Å². The molecule has 0 radical (unpaired) electrons. The van der Waals surface area contributed by atoms with Crippen molar-refractivity contribution in [2.24, 2.45) is 0 Å². The molecule has 4 nitrogen and oxygen atoms in total. The number of likely N-dealkylation sites (N-methyl/N-ethyl adjacent to an activating group) is 1. The van der Waals surface area contributed by atoms with Crippen LogP contribution in [0.1, 0.15) is 17.5 Å². The fourth-order valence-corrected chi connectivity index (χ4v) is 3.52. The number of hydrogen-bond acceptors (Lipinski definition) is 4. The van der Waals surface area contributed by atoms with E-state index in [4.69, 9.17) is 0 Å². The van der Waals surface area contributed by atoms with Crippen LogP contribution in [0.4, 0.5) is 5.69 Å². The van der Waals surface area contributed by atoms with Crippen LogP contribution in [-0.4, -0.2) is 60.8 Å². The Kier molecular flexibility index (Phi) is 3.96. The van der Waals surface area contributed by atoms with Crippen molar-refractivity contribution in [3.05, 3.63) is 29.3 Å². The molecule has 2 unspecified atom stereocenters. The van der Waals surface area contributed by atoms with E-state index in [0.29, 0.717) is 6.04 Å². The van der Waals surface area contributed by atoms with Crippen LogP contribution in [0.3, 0.4) is 0 Å². The average molecular weight is 275 g/mol. The third-order valence-corrected chi connectivity index (χ3v) is 4.39. The highest BCUT2D eigenvalue weighted by Crippen LogP contribution is 2.29. The Morgan fingerprint density at radius 2 is 2.25 bits per heavy atom. The van der Waals surface area contributed by atoms with Gasteiger partial charge in [-0.15, -0.1) is 0 Å². The number of β-amino-alcohol motifs (C(OH)–C–C–N with tert-alkyl or cyclic N) is 1. The molecule has 3 rings (SSSR count). The zero-order chi connectivity index (χ0) is 14.1. The molecule has 4 heteroatoms. The fraction of sp³-hybridized carbons (Fsp3) is 0.625. The van der Waals surface area contributed by atoms with Crippen LogP contribution in [0.25, 0.3) is 0 Å². The highest BCUT2D eigenvalue weighted by atomic mass is 16.3. The Balaban J connectivity index is 1.75. The molecule has 1 aromatic rings. The molecule has 2 N–H and O–H groups in total. The molecule has 110 valence electrons. The number of hydrogen-bond donors (Lipinski definition) is 2. The fourth-order valence-electron chi connectivity index (χ4n) is 3.52. The van der Waals surface area contributed by atoms with E-state index in [0.717, 1.165) is 39.0 Å². The third kappa shape index (κ3) is 2.82. The van der Waals surface area contributed by atoms with Gasteiger partial charge in [-0.05, 0) is 38.1 Å². The zero-order valence-electron chi connectivity index (χ0n) is 12.5. The van der Waals surface area contributed by atoms with E-state index in [1.807, 2.05) is 0 Å². The van der Waals surface area contributed by atoms with Gasteiger partial charge in [-0.25, -0.2) is 0 Å². The van der Waals surface area contributed by atoms with Crippen LogP contribution in [0.2, 0.25) is 0 Å². The summed E-state index contributed by atoms with van der Waals surface area (Å²) in [5, 5.41) is 13.5. The quantitative estimate of drug-likeness (QED) is 0.865. The van der Waals surface area contributed by atoms with E-state index < -0.39 is 0 Å². The van der Waals surface area contributed by atoms with E-state index in [1.165, 1.54) is 16.8 Å². The minimum absolute atomic E-state index is 0.176. The molecule has 0 saturated carbocycles. The highest BCUT2D eigenvalue weighted by Gasteiger charge is 2.31. The SMILES string of the molecule is CN(C)CC1CC(O)CN1Cc1cccc2c1NCC2. The van der Waals surface area contributed by atoms with E-state index >= 15 is 0 Å². The summed E-state index contributed by atoms with van der Waals surface area (Å²) in [7, 11) is 4.20. The summed E-state index contributed by atoms with van der Waals surface area (Å²) in [5.74, 6) is 0. The van der Waals surface area contributed by atoms with Crippen molar-refractivity contribution in [2.45, 2.75) is 31.5 Å². The Morgan fingerprint density at radius 1 is 1.40 bits per heavy atom. The number of benzene rings is 1. The first-order valence-electron chi connectivity index (χ1n) is 7.55. The molecule has 2 aliphatic heterocycles. The van der Waals surface area contributed by atoms with Crippen LogP contribution in [0, 0.1) is 0 Å². The lowest BCUT2D eigenvalue weighted by Crippen LogP contribution is -2.37. The van der Waals surface area contributed by atoms with Gasteiger partial charge in [0, 0.05) is 37.9 Å². The second kappa shape index (κ2) is 5.72. The summed E-state index contributed by atoms with van der Waals surface area (Å²) in [6.07, 6.45) is 1.85. The molecule has 0 amide bonds. The molecule has 0 spiro atoms. The number of anilines is 1. The molecule has 2 heterocycles. The molecular weight excluding hydrogens is 250 g/mol. The van der Waals surface area contributed by atoms with Gasteiger partial charge in [0.1, 0.15) is 0 Å². The lowest BCUT2D eigenvalue weighted by atomic mass is 10.1.